The van der Waals surface area contributed by atoms with Crippen molar-refractivity contribution in [2.75, 3.05) is 6.26 Å². The maximum atomic E-state index is 10.7. The minimum absolute atomic E-state index is 0.0193. The summed E-state index contributed by atoms with van der Waals surface area (Å²) >= 11 is 0. The van der Waals surface area contributed by atoms with E-state index >= 15 is 0 Å². The van der Waals surface area contributed by atoms with E-state index < -0.39 is 10.8 Å². The first kappa shape index (κ1) is 7.14. The molecule has 1 aromatic heterocycles. The van der Waals surface area contributed by atoms with Crippen molar-refractivity contribution in [1.29, 1.82) is 0 Å². The first-order chi connectivity index (χ1) is 4.70. The van der Waals surface area contributed by atoms with Crippen molar-refractivity contribution in [2.24, 2.45) is 0 Å². The summed E-state index contributed by atoms with van der Waals surface area (Å²) in [5.74, 6) is -0.0193. The van der Waals surface area contributed by atoms with Crippen LogP contribution in [0.25, 0.3) is 0 Å². The monoisotopic (exact) mass is 158 g/mol. The lowest BCUT2D eigenvalue weighted by Crippen LogP contribution is -1.94. The van der Waals surface area contributed by atoms with E-state index in [1.165, 1.54) is 18.6 Å². The average Bonchev–Trinajstić information content (AvgIpc) is 1.88. The highest BCUT2D eigenvalue weighted by atomic mass is 32.2. The highest BCUT2D eigenvalue weighted by molar-refractivity contribution is 7.84. The molecule has 0 spiro atoms. The van der Waals surface area contributed by atoms with E-state index in [1.54, 1.807) is 0 Å². The zero-order chi connectivity index (χ0) is 7.56. The molecule has 10 heavy (non-hydrogen) atoms. The van der Waals surface area contributed by atoms with Gasteiger partial charge in [-0.25, -0.2) is 9.97 Å². The van der Waals surface area contributed by atoms with E-state index in [2.05, 4.69) is 9.97 Å². The van der Waals surface area contributed by atoms with Crippen LogP contribution in [0, 0.1) is 0 Å². The second kappa shape index (κ2) is 2.74. The van der Waals surface area contributed by atoms with Gasteiger partial charge in [0, 0.05) is 6.26 Å². The molecule has 1 N–H and O–H groups in total. The van der Waals surface area contributed by atoms with Crippen LogP contribution in [0.2, 0.25) is 0 Å². The molecule has 54 valence electrons. The van der Waals surface area contributed by atoms with Gasteiger partial charge < -0.3 is 5.11 Å². The van der Waals surface area contributed by atoms with Crippen molar-refractivity contribution in [3.63, 3.8) is 0 Å². The van der Waals surface area contributed by atoms with Gasteiger partial charge in [-0.3, -0.25) is 4.21 Å². The summed E-state index contributed by atoms with van der Waals surface area (Å²) in [6.45, 7) is 0. The van der Waals surface area contributed by atoms with E-state index in [9.17, 15) is 4.21 Å². The van der Waals surface area contributed by atoms with E-state index in [1.807, 2.05) is 0 Å². The van der Waals surface area contributed by atoms with Crippen LogP contribution in [0.3, 0.4) is 0 Å². The van der Waals surface area contributed by atoms with E-state index in [4.69, 9.17) is 5.11 Å². The number of rotatable bonds is 1. The molecule has 1 atom stereocenters. The van der Waals surface area contributed by atoms with Crippen LogP contribution in [-0.4, -0.2) is 25.5 Å². The number of nitrogens with zero attached hydrogens (tertiary/aromatic N) is 2. The smallest absolute Gasteiger partial charge is 0.218 e. The molecule has 0 radical (unpaired) electrons. The van der Waals surface area contributed by atoms with Gasteiger partial charge in [-0.05, 0) is 0 Å². The summed E-state index contributed by atoms with van der Waals surface area (Å²) in [6.07, 6.45) is 3.90. The van der Waals surface area contributed by atoms with Crippen LogP contribution >= 0.6 is 0 Å². The fourth-order valence-electron chi connectivity index (χ4n) is 0.458. The Labute approximate surface area is 60.4 Å². The van der Waals surface area contributed by atoms with Crippen LogP contribution in [0.5, 0.6) is 5.75 Å². The summed E-state index contributed by atoms with van der Waals surface area (Å²) in [6, 6.07) is 0. The fourth-order valence-corrected chi connectivity index (χ4v) is 0.860. The molecule has 1 aromatic rings. The fraction of sp³-hybridized carbons (Fsp3) is 0.200. The molecule has 0 aliphatic heterocycles. The summed E-state index contributed by atoms with van der Waals surface area (Å²) in [4.78, 5) is 7.23. The molecule has 0 unspecified atom stereocenters. The Morgan fingerprint density at radius 2 is 2.00 bits per heavy atom. The van der Waals surface area contributed by atoms with Crippen LogP contribution in [0.15, 0.2) is 17.6 Å². The molecule has 4 nitrogen and oxygen atoms in total. The lowest BCUT2D eigenvalue weighted by molar-refractivity contribution is 0.467. The Bertz CT molecular complexity index is 246. The third-order valence-electron chi connectivity index (χ3n) is 0.872. The van der Waals surface area contributed by atoms with Crippen LogP contribution in [-0.2, 0) is 10.8 Å². The Balaban J connectivity index is 3.00. The van der Waals surface area contributed by atoms with Gasteiger partial charge in [-0.1, -0.05) is 0 Å². The zero-order valence-corrected chi connectivity index (χ0v) is 6.13. The van der Waals surface area contributed by atoms with Crippen LogP contribution < -0.4 is 0 Å². The lowest BCUT2D eigenvalue weighted by atomic mass is 10.6. The standard InChI is InChI=1S/C5H6N2O2S/c1-10(9)5-6-2-4(8)3-7-5/h2-3,8H,1H3/t10-/m1/s1. The quantitative estimate of drug-likeness (QED) is 0.580. The molecular weight excluding hydrogens is 152 g/mol. The van der Waals surface area contributed by atoms with Gasteiger partial charge in [0.05, 0.1) is 23.2 Å². The Kier molecular flexibility index (Phi) is 1.96. The van der Waals surface area contributed by atoms with Crippen LogP contribution in [0.1, 0.15) is 0 Å². The molecule has 0 aliphatic rings. The average molecular weight is 158 g/mol. The van der Waals surface area contributed by atoms with Crippen molar-refractivity contribution < 1.29 is 9.32 Å². The first-order valence-electron chi connectivity index (χ1n) is 2.54. The molecule has 0 aromatic carbocycles. The minimum atomic E-state index is -1.17. The Morgan fingerprint density at radius 3 is 2.40 bits per heavy atom. The Morgan fingerprint density at radius 1 is 1.50 bits per heavy atom. The summed E-state index contributed by atoms with van der Waals surface area (Å²) in [7, 11) is -1.17. The number of aromatic nitrogens is 2. The molecule has 0 amide bonds. The summed E-state index contributed by atoms with van der Waals surface area (Å²) in [5, 5.41) is 8.95. The molecule has 5 heteroatoms. The van der Waals surface area contributed by atoms with Gasteiger partial charge >= 0.3 is 0 Å². The van der Waals surface area contributed by atoms with Gasteiger partial charge in [0.1, 0.15) is 0 Å². The van der Waals surface area contributed by atoms with E-state index in [-0.39, 0.29) is 10.9 Å². The number of aromatic hydroxyl groups is 1. The van der Waals surface area contributed by atoms with Gasteiger partial charge in [0.15, 0.2) is 5.75 Å². The molecule has 1 rings (SSSR count). The highest BCUT2D eigenvalue weighted by Gasteiger charge is 1.98. The molecule has 0 aliphatic carbocycles. The maximum Gasteiger partial charge on any atom is 0.218 e. The van der Waals surface area contributed by atoms with E-state index in [0.29, 0.717) is 0 Å². The Hall–Kier alpha value is -0.970. The van der Waals surface area contributed by atoms with Crippen molar-refractivity contribution in [3.8, 4) is 5.75 Å². The van der Waals surface area contributed by atoms with Gasteiger partial charge in [-0.2, -0.15) is 0 Å². The van der Waals surface area contributed by atoms with Gasteiger partial charge in [0.2, 0.25) is 5.16 Å². The molecule has 1 heterocycles. The van der Waals surface area contributed by atoms with Crippen molar-refractivity contribution >= 4 is 10.8 Å². The predicted octanol–water partition coefficient (Wildman–Crippen LogP) is -0.0804. The molecule has 0 saturated carbocycles. The maximum absolute atomic E-state index is 10.7. The molecule has 0 fully saturated rings. The zero-order valence-electron chi connectivity index (χ0n) is 5.31. The van der Waals surface area contributed by atoms with Crippen molar-refractivity contribution in [3.05, 3.63) is 12.4 Å². The lowest BCUT2D eigenvalue weighted by Gasteiger charge is -1.92. The first-order valence-corrected chi connectivity index (χ1v) is 4.10. The third-order valence-corrected chi connectivity index (χ3v) is 1.60. The van der Waals surface area contributed by atoms with Gasteiger partial charge in [-0.15, -0.1) is 0 Å². The largest absolute Gasteiger partial charge is 0.505 e. The SMILES string of the molecule is C[S@@](=O)c1ncc(O)cn1. The molecule has 0 saturated heterocycles. The van der Waals surface area contributed by atoms with E-state index in [0.717, 1.165) is 0 Å². The van der Waals surface area contributed by atoms with Gasteiger partial charge in [0.25, 0.3) is 0 Å². The number of hydrogen-bond acceptors (Lipinski definition) is 4. The minimum Gasteiger partial charge on any atom is -0.505 e. The summed E-state index contributed by atoms with van der Waals surface area (Å²) in [5.41, 5.74) is 0. The molecular formula is C5H6N2O2S. The van der Waals surface area contributed by atoms with Crippen LogP contribution in [0.4, 0.5) is 0 Å². The topological polar surface area (TPSA) is 63.1 Å². The normalized spacial score (nSPS) is 12.9. The van der Waals surface area contributed by atoms with Crippen molar-refractivity contribution in [2.45, 2.75) is 5.16 Å². The predicted molar refractivity (Wildman–Crippen MR) is 36.0 cm³/mol. The van der Waals surface area contributed by atoms with Crippen molar-refractivity contribution in [1.82, 2.24) is 9.97 Å². The molecule has 0 bridgehead atoms. The second-order valence-electron chi connectivity index (χ2n) is 1.68. The summed E-state index contributed by atoms with van der Waals surface area (Å²) < 4.78 is 10.7. The third kappa shape index (κ3) is 1.51. The highest BCUT2D eigenvalue weighted by Crippen LogP contribution is 2.03. The number of hydrogen-bond donors (Lipinski definition) is 1. The second-order valence-corrected chi connectivity index (χ2v) is 2.95.